The molecule has 1 atom stereocenters. The van der Waals surface area contributed by atoms with E-state index in [0.29, 0.717) is 17.6 Å². The Balaban J connectivity index is 0.00000220. The Hall–Kier alpha value is -0.880. The third kappa shape index (κ3) is 4.81. The Morgan fingerprint density at radius 2 is 2.29 bits per heavy atom. The first-order chi connectivity index (χ1) is 9.61. The first kappa shape index (κ1) is 18.2. The SMILES string of the molecule is CCCN(Cc1ccc(Cl)cc1[N+](=O)[O-])C1CCNC1.Cl. The van der Waals surface area contributed by atoms with E-state index in [2.05, 4.69) is 17.1 Å². The molecule has 0 saturated carbocycles. The number of benzene rings is 1. The van der Waals surface area contributed by atoms with E-state index >= 15 is 0 Å². The van der Waals surface area contributed by atoms with Crippen LogP contribution in [0.3, 0.4) is 0 Å². The lowest BCUT2D eigenvalue weighted by Gasteiger charge is -2.27. The zero-order valence-electron chi connectivity index (χ0n) is 12.0. The van der Waals surface area contributed by atoms with Crippen molar-refractivity contribution in [3.8, 4) is 0 Å². The van der Waals surface area contributed by atoms with Crippen LogP contribution in [0.25, 0.3) is 0 Å². The number of rotatable bonds is 6. The van der Waals surface area contributed by atoms with Crippen LogP contribution in [0.1, 0.15) is 25.3 Å². The van der Waals surface area contributed by atoms with Gasteiger partial charge >= 0.3 is 0 Å². The van der Waals surface area contributed by atoms with Crippen LogP contribution in [0.2, 0.25) is 5.02 Å². The van der Waals surface area contributed by atoms with Crippen LogP contribution in [0.4, 0.5) is 5.69 Å². The van der Waals surface area contributed by atoms with Crippen molar-refractivity contribution in [3.05, 3.63) is 38.9 Å². The summed E-state index contributed by atoms with van der Waals surface area (Å²) < 4.78 is 0. The molecule has 1 aromatic rings. The molecule has 1 fully saturated rings. The molecule has 0 amide bonds. The van der Waals surface area contributed by atoms with E-state index in [1.54, 1.807) is 12.1 Å². The van der Waals surface area contributed by atoms with Gasteiger partial charge in [0.1, 0.15) is 0 Å². The lowest BCUT2D eigenvalue weighted by atomic mass is 10.1. The van der Waals surface area contributed by atoms with E-state index in [-0.39, 0.29) is 23.0 Å². The zero-order chi connectivity index (χ0) is 14.5. The van der Waals surface area contributed by atoms with E-state index in [1.807, 2.05) is 0 Å². The van der Waals surface area contributed by atoms with Crippen molar-refractivity contribution >= 4 is 29.7 Å². The maximum atomic E-state index is 11.2. The highest BCUT2D eigenvalue weighted by Gasteiger charge is 2.24. The third-order valence-corrected chi connectivity index (χ3v) is 3.91. The number of nitro benzene ring substituents is 1. The molecule has 2 rings (SSSR count). The minimum Gasteiger partial charge on any atom is -0.315 e. The largest absolute Gasteiger partial charge is 0.315 e. The van der Waals surface area contributed by atoms with E-state index < -0.39 is 0 Å². The summed E-state index contributed by atoms with van der Waals surface area (Å²) >= 11 is 5.86. The van der Waals surface area contributed by atoms with E-state index in [4.69, 9.17) is 11.6 Å². The van der Waals surface area contributed by atoms with Gasteiger partial charge < -0.3 is 5.32 Å². The summed E-state index contributed by atoms with van der Waals surface area (Å²) in [6.45, 7) is 5.67. The summed E-state index contributed by atoms with van der Waals surface area (Å²) in [6, 6.07) is 5.39. The average molecular weight is 334 g/mol. The molecule has 1 heterocycles. The van der Waals surface area contributed by atoms with Gasteiger partial charge in [-0.25, -0.2) is 0 Å². The van der Waals surface area contributed by atoms with Crippen molar-refractivity contribution in [1.82, 2.24) is 10.2 Å². The van der Waals surface area contributed by atoms with Gasteiger partial charge in [-0.3, -0.25) is 15.0 Å². The van der Waals surface area contributed by atoms with E-state index in [1.165, 1.54) is 6.07 Å². The summed E-state index contributed by atoms with van der Waals surface area (Å²) in [6.07, 6.45) is 2.14. The molecular weight excluding hydrogens is 313 g/mol. The third-order valence-electron chi connectivity index (χ3n) is 3.68. The molecular formula is C14H21Cl2N3O2. The molecule has 21 heavy (non-hydrogen) atoms. The number of halogens is 2. The maximum Gasteiger partial charge on any atom is 0.275 e. The topological polar surface area (TPSA) is 58.4 Å². The summed E-state index contributed by atoms with van der Waals surface area (Å²) in [7, 11) is 0. The second kappa shape index (κ2) is 8.54. The van der Waals surface area contributed by atoms with Crippen LogP contribution < -0.4 is 5.32 Å². The summed E-state index contributed by atoms with van der Waals surface area (Å²) in [4.78, 5) is 13.1. The van der Waals surface area contributed by atoms with Crippen LogP contribution in [-0.2, 0) is 6.54 Å². The Bertz CT molecular complexity index is 479. The van der Waals surface area contributed by atoms with Crippen molar-refractivity contribution in [3.63, 3.8) is 0 Å². The van der Waals surface area contributed by atoms with Crippen LogP contribution >= 0.6 is 24.0 Å². The monoisotopic (exact) mass is 333 g/mol. The predicted octanol–water partition coefficient (Wildman–Crippen LogP) is 3.24. The van der Waals surface area contributed by atoms with Crippen molar-refractivity contribution in [1.29, 1.82) is 0 Å². The van der Waals surface area contributed by atoms with Crippen molar-refractivity contribution in [2.75, 3.05) is 19.6 Å². The van der Waals surface area contributed by atoms with Gasteiger partial charge in [0.25, 0.3) is 5.69 Å². The Kier molecular flexibility index (Phi) is 7.39. The summed E-state index contributed by atoms with van der Waals surface area (Å²) in [5.41, 5.74) is 0.851. The molecule has 1 saturated heterocycles. The number of hydrogen-bond acceptors (Lipinski definition) is 4. The highest BCUT2D eigenvalue weighted by molar-refractivity contribution is 6.30. The fourth-order valence-electron chi connectivity index (χ4n) is 2.69. The van der Waals surface area contributed by atoms with Crippen LogP contribution in [0.15, 0.2) is 18.2 Å². The number of nitrogens with one attached hydrogen (secondary N) is 1. The Morgan fingerprint density at radius 3 is 2.86 bits per heavy atom. The first-order valence-corrected chi connectivity index (χ1v) is 7.37. The average Bonchev–Trinajstić information content (AvgIpc) is 2.93. The second-order valence-corrected chi connectivity index (χ2v) is 5.58. The number of nitrogens with zero attached hydrogens (tertiary/aromatic N) is 2. The van der Waals surface area contributed by atoms with Gasteiger partial charge in [0.05, 0.1) is 4.92 Å². The number of hydrogen-bond donors (Lipinski definition) is 1. The number of nitro groups is 1. The van der Waals surface area contributed by atoms with Crippen molar-refractivity contribution in [2.45, 2.75) is 32.4 Å². The maximum absolute atomic E-state index is 11.2. The van der Waals surface area contributed by atoms with Crippen LogP contribution in [0.5, 0.6) is 0 Å². The molecule has 1 aliphatic rings. The standard InChI is InChI=1S/C14H20ClN3O2.ClH/c1-2-7-17(13-5-6-16-9-13)10-11-3-4-12(15)8-14(11)18(19)20;/h3-4,8,13,16H,2,5-7,9-10H2,1H3;1H. The molecule has 0 radical (unpaired) electrons. The fraction of sp³-hybridized carbons (Fsp3) is 0.571. The molecule has 118 valence electrons. The lowest BCUT2D eigenvalue weighted by molar-refractivity contribution is -0.385. The van der Waals surface area contributed by atoms with Gasteiger partial charge in [-0.1, -0.05) is 18.5 Å². The molecule has 1 aromatic carbocycles. The fourth-order valence-corrected chi connectivity index (χ4v) is 2.85. The summed E-state index contributed by atoms with van der Waals surface area (Å²) in [5, 5.41) is 14.9. The molecule has 1 N–H and O–H groups in total. The minimum absolute atomic E-state index is 0. The molecule has 0 bridgehead atoms. The van der Waals surface area contributed by atoms with Gasteiger partial charge in [0.15, 0.2) is 0 Å². The van der Waals surface area contributed by atoms with Gasteiger partial charge in [0, 0.05) is 35.8 Å². The second-order valence-electron chi connectivity index (χ2n) is 5.15. The quantitative estimate of drug-likeness (QED) is 0.641. The summed E-state index contributed by atoms with van der Waals surface area (Å²) in [5.74, 6) is 0. The van der Waals surface area contributed by atoms with Gasteiger partial charge in [0.2, 0.25) is 0 Å². The Labute approximate surface area is 136 Å². The smallest absolute Gasteiger partial charge is 0.275 e. The van der Waals surface area contributed by atoms with Crippen molar-refractivity contribution in [2.24, 2.45) is 0 Å². The van der Waals surface area contributed by atoms with Crippen LogP contribution in [-0.4, -0.2) is 35.5 Å². The van der Waals surface area contributed by atoms with E-state index in [0.717, 1.165) is 38.0 Å². The molecule has 7 heteroatoms. The normalized spacial score (nSPS) is 17.8. The lowest BCUT2D eigenvalue weighted by Crippen LogP contribution is -2.37. The van der Waals surface area contributed by atoms with Crippen LogP contribution in [0, 0.1) is 10.1 Å². The minimum atomic E-state index is -0.349. The first-order valence-electron chi connectivity index (χ1n) is 6.99. The van der Waals surface area contributed by atoms with Crippen molar-refractivity contribution < 1.29 is 4.92 Å². The van der Waals surface area contributed by atoms with Gasteiger partial charge in [-0.05, 0) is 38.1 Å². The van der Waals surface area contributed by atoms with Gasteiger partial charge in [-0.15, -0.1) is 12.4 Å². The molecule has 5 nitrogen and oxygen atoms in total. The highest BCUT2D eigenvalue weighted by atomic mass is 35.5. The molecule has 1 aliphatic heterocycles. The molecule has 0 aromatic heterocycles. The predicted molar refractivity (Wildman–Crippen MR) is 87.3 cm³/mol. The highest BCUT2D eigenvalue weighted by Crippen LogP contribution is 2.25. The molecule has 0 spiro atoms. The van der Waals surface area contributed by atoms with Gasteiger partial charge in [-0.2, -0.15) is 0 Å². The molecule has 1 unspecified atom stereocenters. The Morgan fingerprint density at radius 1 is 1.52 bits per heavy atom. The van der Waals surface area contributed by atoms with E-state index in [9.17, 15) is 10.1 Å². The zero-order valence-corrected chi connectivity index (χ0v) is 13.6. The molecule has 0 aliphatic carbocycles.